The van der Waals surface area contributed by atoms with Gasteiger partial charge in [-0.3, -0.25) is 14.7 Å². The number of aromatic nitrogens is 3. The van der Waals surface area contributed by atoms with Crippen molar-refractivity contribution in [1.82, 2.24) is 15.2 Å². The van der Waals surface area contributed by atoms with E-state index in [2.05, 4.69) is 20.5 Å². The van der Waals surface area contributed by atoms with Crippen LogP contribution in [0.4, 0.5) is 5.69 Å². The van der Waals surface area contributed by atoms with Gasteiger partial charge >= 0.3 is 0 Å². The van der Waals surface area contributed by atoms with Gasteiger partial charge in [0, 0.05) is 5.56 Å². The van der Waals surface area contributed by atoms with Crippen LogP contribution in [-0.2, 0) is 4.79 Å². The molecule has 0 fully saturated rings. The molecule has 2 aromatic rings. The highest BCUT2D eigenvalue weighted by Gasteiger charge is 2.25. The number of carbonyl (C=O) groups excluding carboxylic acids is 2. The number of fused-ring (bicyclic) bond motifs is 1. The molecule has 8 heteroatoms. The number of hydrogen-bond donors (Lipinski definition) is 2. The number of carbonyl (C=O) groups is 2. The molecule has 0 radical (unpaired) electrons. The fraction of sp³-hybridized carbons (Fsp3) is 0.333. The van der Waals surface area contributed by atoms with Crippen molar-refractivity contribution in [3.8, 4) is 5.75 Å². The van der Waals surface area contributed by atoms with Crippen molar-refractivity contribution in [2.24, 2.45) is 0 Å². The molecule has 0 saturated carbocycles. The third-order valence-corrected chi connectivity index (χ3v) is 4.38. The SMILES string of the molecule is Cc1nc(SC(C)C(=O)c2ccc3c(c2)NC(=O)C(C)O3)n[nH]1. The highest BCUT2D eigenvalue weighted by molar-refractivity contribution is 8.00. The molecule has 0 saturated heterocycles. The molecule has 0 aliphatic carbocycles. The van der Waals surface area contributed by atoms with E-state index in [0.717, 1.165) is 0 Å². The Hall–Kier alpha value is -2.35. The van der Waals surface area contributed by atoms with Crippen LogP contribution in [0.1, 0.15) is 30.0 Å². The zero-order valence-corrected chi connectivity index (χ0v) is 13.7. The Morgan fingerprint density at radius 3 is 2.91 bits per heavy atom. The predicted molar refractivity (Wildman–Crippen MR) is 85.9 cm³/mol. The third kappa shape index (κ3) is 3.21. The van der Waals surface area contributed by atoms with Crippen LogP contribution in [0.5, 0.6) is 5.75 Å². The monoisotopic (exact) mass is 332 g/mol. The van der Waals surface area contributed by atoms with Crippen molar-refractivity contribution in [3.05, 3.63) is 29.6 Å². The largest absolute Gasteiger partial charge is 0.479 e. The quantitative estimate of drug-likeness (QED) is 0.658. The average molecular weight is 332 g/mol. The Balaban J connectivity index is 1.77. The number of thioether (sulfide) groups is 1. The second-order valence-corrected chi connectivity index (χ2v) is 6.60. The third-order valence-electron chi connectivity index (χ3n) is 3.42. The van der Waals surface area contributed by atoms with E-state index in [-0.39, 0.29) is 16.9 Å². The Morgan fingerprint density at radius 2 is 2.22 bits per heavy atom. The maximum Gasteiger partial charge on any atom is 0.265 e. The van der Waals surface area contributed by atoms with E-state index in [1.165, 1.54) is 11.8 Å². The fourth-order valence-corrected chi connectivity index (χ4v) is 3.03. The van der Waals surface area contributed by atoms with E-state index >= 15 is 0 Å². The summed E-state index contributed by atoms with van der Waals surface area (Å²) in [7, 11) is 0. The van der Waals surface area contributed by atoms with Crippen LogP contribution in [0.25, 0.3) is 0 Å². The molecule has 1 amide bonds. The van der Waals surface area contributed by atoms with Gasteiger partial charge in [-0.2, -0.15) is 0 Å². The summed E-state index contributed by atoms with van der Waals surface area (Å²) in [6, 6.07) is 5.04. The molecule has 2 heterocycles. The van der Waals surface area contributed by atoms with Gasteiger partial charge in [-0.1, -0.05) is 11.8 Å². The lowest BCUT2D eigenvalue weighted by Crippen LogP contribution is -2.34. The maximum absolute atomic E-state index is 12.5. The van der Waals surface area contributed by atoms with Gasteiger partial charge in [0.25, 0.3) is 5.91 Å². The zero-order valence-electron chi connectivity index (χ0n) is 12.9. The number of aromatic amines is 1. The molecule has 1 aromatic carbocycles. The molecule has 7 nitrogen and oxygen atoms in total. The van der Waals surface area contributed by atoms with Crippen molar-refractivity contribution in [3.63, 3.8) is 0 Å². The fourth-order valence-electron chi connectivity index (χ4n) is 2.18. The van der Waals surface area contributed by atoms with Gasteiger partial charge in [0.05, 0.1) is 10.9 Å². The minimum atomic E-state index is -0.535. The molecule has 0 spiro atoms. The first-order valence-electron chi connectivity index (χ1n) is 7.15. The summed E-state index contributed by atoms with van der Waals surface area (Å²) in [4.78, 5) is 28.4. The summed E-state index contributed by atoms with van der Waals surface area (Å²) >= 11 is 1.28. The van der Waals surface area contributed by atoms with E-state index < -0.39 is 6.10 Å². The molecule has 1 aromatic heterocycles. The van der Waals surface area contributed by atoms with Gasteiger partial charge in [0.2, 0.25) is 5.16 Å². The summed E-state index contributed by atoms with van der Waals surface area (Å²) in [6.45, 7) is 5.28. The van der Waals surface area contributed by atoms with E-state index in [9.17, 15) is 9.59 Å². The summed E-state index contributed by atoms with van der Waals surface area (Å²) in [5.74, 6) is 0.988. The van der Waals surface area contributed by atoms with Gasteiger partial charge in [0.15, 0.2) is 11.9 Å². The first-order chi connectivity index (χ1) is 10.9. The smallest absolute Gasteiger partial charge is 0.265 e. The van der Waals surface area contributed by atoms with Crippen molar-refractivity contribution in [2.75, 3.05) is 5.32 Å². The number of nitrogens with one attached hydrogen (secondary N) is 2. The maximum atomic E-state index is 12.5. The Labute approximate surface area is 137 Å². The molecule has 2 unspecified atom stereocenters. The lowest BCUT2D eigenvalue weighted by atomic mass is 10.1. The Kier molecular flexibility index (Phi) is 4.08. The molecular formula is C15H16N4O3S. The van der Waals surface area contributed by atoms with Gasteiger partial charge < -0.3 is 10.1 Å². The van der Waals surface area contributed by atoms with Crippen molar-refractivity contribution >= 4 is 29.1 Å². The normalized spacial score (nSPS) is 17.9. The molecule has 2 N–H and O–H groups in total. The highest BCUT2D eigenvalue weighted by atomic mass is 32.2. The topological polar surface area (TPSA) is 97.0 Å². The number of H-pyrrole nitrogens is 1. The van der Waals surface area contributed by atoms with Gasteiger partial charge in [-0.15, -0.1) is 5.10 Å². The van der Waals surface area contributed by atoms with Crippen LogP contribution in [0, 0.1) is 6.92 Å². The summed E-state index contributed by atoms with van der Waals surface area (Å²) in [5, 5.41) is 9.70. The first-order valence-corrected chi connectivity index (χ1v) is 8.03. The van der Waals surface area contributed by atoms with Gasteiger partial charge in [-0.25, -0.2) is 4.98 Å². The molecule has 120 valence electrons. The number of amides is 1. The van der Waals surface area contributed by atoms with Crippen molar-refractivity contribution in [2.45, 2.75) is 37.3 Å². The van der Waals surface area contributed by atoms with Crippen LogP contribution in [0.3, 0.4) is 0 Å². The van der Waals surface area contributed by atoms with E-state index in [4.69, 9.17) is 4.74 Å². The number of aryl methyl sites for hydroxylation is 1. The molecular weight excluding hydrogens is 316 g/mol. The van der Waals surface area contributed by atoms with Gasteiger partial charge in [-0.05, 0) is 39.0 Å². The van der Waals surface area contributed by atoms with Crippen molar-refractivity contribution in [1.29, 1.82) is 0 Å². The first kappa shape index (κ1) is 15.5. The molecule has 2 atom stereocenters. The number of benzene rings is 1. The van der Waals surface area contributed by atoms with E-state index in [1.807, 2.05) is 0 Å². The van der Waals surface area contributed by atoms with Crippen LogP contribution < -0.4 is 10.1 Å². The van der Waals surface area contributed by atoms with Gasteiger partial charge in [0.1, 0.15) is 11.6 Å². The number of hydrogen-bond acceptors (Lipinski definition) is 6. The standard InChI is InChI=1S/C15H16N4O3S/c1-7-14(21)17-11-6-10(4-5-12(11)22-7)13(20)8(2)23-15-16-9(3)18-19-15/h4-8H,1-3H3,(H,17,21)(H,16,18,19). The Morgan fingerprint density at radius 1 is 1.43 bits per heavy atom. The number of anilines is 1. The predicted octanol–water partition coefficient (Wildman–Crippen LogP) is 2.20. The lowest BCUT2D eigenvalue weighted by Gasteiger charge is -2.23. The summed E-state index contributed by atoms with van der Waals surface area (Å²) in [6.07, 6.45) is -0.535. The average Bonchev–Trinajstić information content (AvgIpc) is 2.92. The lowest BCUT2D eigenvalue weighted by molar-refractivity contribution is -0.122. The number of ether oxygens (including phenoxy) is 1. The van der Waals surface area contributed by atoms with Crippen LogP contribution in [0.15, 0.2) is 23.4 Å². The molecule has 1 aliphatic heterocycles. The summed E-state index contributed by atoms with van der Waals surface area (Å²) in [5.41, 5.74) is 1.03. The van der Waals surface area contributed by atoms with E-state index in [0.29, 0.717) is 28.0 Å². The summed E-state index contributed by atoms with van der Waals surface area (Å²) < 4.78 is 5.48. The van der Waals surface area contributed by atoms with E-state index in [1.54, 1.807) is 39.0 Å². The second kappa shape index (κ2) is 6.04. The Bertz CT molecular complexity index is 774. The number of rotatable bonds is 4. The number of ketones is 1. The number of nitrogens with zero attached hydrogens (tertiary/aromatic N) is 2. The number of Topliss-reactive ketones (excluding diaryl/α,β-unsaturated/α-hetero) is 1. The minimum Gasteiger partial charge on any atom is -0.479 e. The molecule has 0 bridgehead atoms. The molecule has 1 aliphatic rings. The minimum absolute atomic E-state index is 0.0619. The molecule has 23 heavy (non-hydrogen) atoms. The molecule has 3 rings (SSSR count). The van der Waals surface area contributed by atoms with Crippen LogP contribution in [-0.4, -0.2) is 38.2 Å². The zero-order chi connectivity index (χ0) is 16.6. The van der Waals surface area contributed by atoms with Crippen molar-refractivity contribution < 1.29 is 14.3 Å². The van der Waals surface area contributed by atoms with Crippen LogP contribution in [0.2, 0.25) is 0 Å². The second-order valence-electron chi connectivity index (χ2n) is 5.29. The highest BCUT2D eigenvalue weighted by Crippen LogP contribution is 2.32. The van der Waals surface area contributed by atoms with Crippen LogP contribution >= 0.6 is 11.8 Å².